The second-order valence-corrected chi connectivity index (χ2v) is 4.34. The Labute approximate surface area is 101 Å². The lowest BCUT2D eigenvalue weighted by Gasteiger charge is -2.24. The summed E-state index contributed by atoms with van der Waals surface area (Å²) in [5.41, 5.74) is 0.678. The van der Waals surface area contributed by atoms with Crippen LogP contribution in [-0.2, 0) is 11.3 Å². The zero-order valence-corrected chi connectivity index (χ0v) is 9.90. The summed E-state index contributed by atoms with van der Waals surface area (Å²) in [5, 5.41) is 12.5. The fourth-order valence-corrected chi connectivity index (χ4v) is 1.83. The number of carbonyl (C=O) groups is 1. The molecule has 1 aromatic rings. The monoisotopic (exact) mass is 235 g/mol. The highest BCUT2D eigenvalue weighted by Gasteiger charge is 2.24. The van der Waals surface area contributed by atoms with Crippen molar-refractivity contribution < 1.29 is 14.6 Å². The van der Waals surface area contributed by atoms with Crippen LogP contribution < -0.4 is 10.1 Å². The van der Waals surface area contributed by atoms with E-state index in [-0.39, 0.29) is 17.6 Å². The molecule has 0 heterocycles. The van der Waals surface area contributed by atoms with Crippen molar-refractivity contribution in [3.63, 3.8) is 0 Å². The van der Waals surface area contributed by atoms with Crippen LogP contribution in [0.25, 0.3) is 0 Å². The topological polar surface area (TPSA) is 58.6 Å². The summed E-state index contributed by atoms with van der Waals surface area (Å²) >= 11 is 0. The molecule has 1 amide bonds. The molecule has 92 valence electrons. The third-order valence-corrected chi connectivity index (χ3v) is 3.22. The van der Waals surface area contributed by atoms with Crippen molar-refractivity contribution in [3.8, 4) is 11.5 Å². The first kappa shape index (κ1) is 11.8. The second-order valence-electron chi connectivity index (χ2n) is 4.34. The number of methoxy groups -OCH3 is 1. The molecule has 1 aliphatic carbocycles. The van der Waals surface area contributed by atoms with Crippen LogP contribution in [0, 0.1) is 5.92 Å². The van der Waals surface area contributed by atoms with E-state index in [0.29, 0.717) is 17.9 Å². The molecule has 0 atom stereocenters. The Bertz CT molecular complexity index is 413. The largest absolute Gasteiger partial charge is 0.508 e. The SMILES string of the molecule is COc1ccc(O)c(CNC(=O)C2CCC2)c1. The maximum Gasteiger partial charge on any atom is 0.223 e. The van der Waals surface area contributed by atoms with E-state index in [1.54, 1.807) is 25.3 Å². The summed E-state index contributed by atoms with van der Waals surface area (Å²) < 4.78 is 5.07. The number of hydrogen-bond acceptors (Lipinski definition) is 3. The van der Waals surface area contributed by atoms with E-state index in [9.17, 15) is 9.90 Å². The van der Waals surface area contributed by atoms with Gasteiger partial charge in [-0.1, -0.05) is 6.42 Å². The lowest BCUT2D eigenvalue weighted by atomic mass is 9.85. The third kappa shape index (κ3) is 2.70. The first-order chi connectivity index (χ1) is 8.20. The average Bonchev–Trinajstić information content (AvgIpc) is 2.25. The predicted molar refractivity (Wildman–Crippen MR) is 63.8 cm³/mol. The number of aromatic hydroxyl groups is 1. The molecule has 0 saturated heterocycles. The molecule has 0 bridgehead atoms. The number of hydrogen-bond donors (Lipinski definition) is 2. The summed E-state index contributed by atoms with van der Waals surface area (Å²) in [6, 6.07) is 4.99. The van der Waals surface area contributed by atoms with Crippen molar-refractivity contribution in [2.45, 2.75) is 25.8 Å². The van der Waals surface area contributed by atoms with Crippen molar-refractivity contribution in [2.75, 3.05) is 7.11 Å². The van der Waals surface area contributed by atoms with Gasteiger partial charge in [-0.05, 0) is 31.0 Å². The van der Waals surface area contributed by atoms with Gasteiger partial charge >= 0.3 is 0 Å². The highest BCUT2D eigenvalue weighted by molar-refractivity contribution is 5.79. The van der Waals surface area contributed by atoms with Gasteiger partial charge in [0, 0.05) is 18.0 Å². The minimum Gasteiger partial charge on any atom is -0.508 e. The van der Waals surface area contributed by atoms with Crippen LogP contribution in [0.1, 0.15) is 24.8 Å². The highest BCUT2D eigenvalue weighted by atomic mass is 16.5. The molecule has 0 spiro atoms. The van der Waals surface area contributed by atoms with E-state index < -0.39 is 0 Å². The molecule has 4 nitrogen and oxygen atoms in total. The fraction of sp³-hybridized carbons (Fsp3) is 0.462. The lowest BCUT2D eigenvalue weighted by Crippen LogP contribution is -2.33. The standard InChI is InChI=1S/C13H17NO3/c1-17-11-5-6-12(15)10(7-11)8-14-13(16)9-3-2-4-9/h5-7,9,15H,2-4,8H2,1H3,(H,14,16). The molecule has 0 aromatic heterocycles. The average molecular weight is 235 g/mol. The maximum absolute atomic E-state index is 11.6. The molecular formula is C13H17NO3. The van der Waals surface area contributed by atoms with Gasteiger partial charge in [-0.2, -0.15) is 0 Å². The smallest absolute Gasteiger partial charge is 0.223 e. The van der Waals surface area contributed by atoms with Gasteiger partial charge in [0.2, 0.25) is 5.91 Å². The summed E-state index contributed by atoms with van der Waals surface area (Å²) in [7, 11) is 1.57. The Morgan fingerprint density at radius 1 is 1.53 bits per heavy atom. The summed E-state index contributed by atoms with van der Waals surface area (Å²) in [5.74, 6) is 1.11. The quantitative estimate of drug-likeness (QED) is 0.836. The second kappa shape index (κ2) is 5.08. The molecule has 1 aliphatic rings. The molecule has 1 saturated carbocycles. The van der Waals surface area contributed by atoms with Crippen molar-refractivity contribution in [1.29, 1.82) is 0 Å². The van der Waals surface area contributed by atoms with E-state index >= 15 is 0 Å². The van der Waals surface area contributed by atoms with Crippen LogP contribution in [-0.4, -0.2) is 18.1 Å². The van der Waals surface area contributed by atoms with E-state index in [0.717, 1.165) is 19.3 Å². The van der Waals surface area contributed by atoms with Gasteiger partial charge in [-0.15, -0.1) is 0 Å². The first-order valence-electron chi connectivity index (χ1n) is 5.84. The predicted octanol–water partition coefficient (Wildman–Crippen LogP) is 1.82. The van der Waals surface area contributed by atoms with Crippen LogP contribution >= 0.6 is 0 Å². The zero-order valence-electron chi connectivity index (χ0n) is 9.90. The molecule has 4 heteroatoms. The van der Waals surface area contributed by atoms with Gasteiger partial charge in [0.05, 0.1) is 7.11 Å². The van der Waals surface area contributed by atoms with Gasteiger partial charge in [-0.3, -0.25) is 4.79 Å². The molecule has 0 unspecified atom stereocenters. The fourth-order valence-electron chi connectivity index (χ4n) is 1.83. The Morgan fingerprint density at radius 3 is 2.88 bits per heavy atom. The van der Waals surface area contributed by atoms with Crippen molar-refractivity contribution in [1.82, 2.24) is 5.32 Å². The van der Waals surface area contributed by atoms with E-state index in [1.165, 1.54) is 0 Å². The summed E-state index contributed by atoms with van der Waals surface area (Å²) in [4.78, 5) is 11.6. The number of rotatable bonds is 4. The molecule has 1 fully saturated rings. The normalized spacial score (nSPS) is 15.1. The van der Waals surface area contributed by atoms with Crippen molar-refractivity contribution >= 4 is 5.91 Å². The number of carbonyl (C=O) groups excluding carboxylic acids is 1. The Balaban J connectivity index is 1.95. The zero-order chi connectivity index (χ0) is 12.3. The third-order valence-electron chi connectivity index (χ3n) is 3.22. The minimum absolute atomic E-state index is 0.0819. The van der Waals surface area contributed by atoms with Gasteiger partial charge in [0.25, 0.3) is 0 Å². The maximum atomic E-state index is 11.6. The minimum atomic E-state index is 0.0819. The number of ether oxygens (including phenoxy) is 1. The number of phenolic OH excluding ortho intramolecular Hbond substituents is 1. The molecule has 2 N–H and O–H groups in total. The molecule has 0 aliphatic heterocycles. The molecular weight excluding hydrogens is 218 g/mol. The van der Waals surface area contributed by atoms with E-state index in [4.69, 9.17) is 4.74 Å². The van der Waals surface area contributed by atoms with Gasteiger partial charge < -0.3 is 15.2 Å². The number of amides is 1. The summed E-state index contributed by atoms with van der Waals surface area (Å²) in [6.07, 6.45) is 3.11. The van der Waals surface area contributed by atoms with Crippen LogP contribution in [0.4, 0.5) is 0 Å². The number of phenols is 1. The Kier molecular flexibility index (Phi) is 3.52. The Morgan fingerprint density at radius 2 is 2.29 bits per heavy atom. The first-order valence-corrected chi connectivity index (χ1v) is 5.84. The van der Waals surface area contributed by atoms with Crippen LogP contribution in [0.15, 0.2) is 18.2 Å². The van der Waals surface area contributed by atoms with Gasteiger partial charge in [0.15, 0.2) is 0 Å². The van der Waals surface area contributed by atoms with Crippen molar-refractivity contribution in [2.24, 2.45) is 5.92 Å². The molecule has 0 radical (unpaired) electrons. The van der Waals surface area contributed by atoms with Crippen LogP contribution in [0.2, 0.25) is 0 Å². The molecule has 1 aromatic carbocycles. The van der Waals surface area contributed by atoms with Crippen LogP contribution in [0.3, 0.4) is 0 Å². The van der Waals surface area contributed by atoms with Gasteiger partial charge in [-0.25, -0.2) is 0 Å². The molecule has 2 rings (SSSR count). The van der Waals surface area contributed by atoms with Crippen LogP contribution in [0.5, 0.6) is 11.5 Å². The van der Waals surface area contributed by atoms with E-state index in [2.05, 4.69) is 5.32 Å². The number of benzene rings is 1. The highest BCUT2D eigenvalue weighted by Crippen LogP contribution is 2.27. The Hall–Kier alpha value is -1.71. The number of nitrogens with one attached hydrogen (secondary N) is 1. The van der Waals surface area contributed by atoms with Gasteiger partial charge in [0.1, 0.15) is 11.5 Å². The lowest BCUT2D eigenvalue weighted by molar-refractivity contribution is -0.127. The van der Waals surface area contributed by atoms with Crippen molar-refractivity contribution in [3.05, 3.63) is 23.8 Å². The molecule has 17 heavy (non-hydrogen) atoms. The van der Waals surface area contributed by atoms with E-state index in [1.807, 2.05) is 0 Å². The summed E-state index contributed by atoms with van der Waals surface area (Å²) in [6.45, 7) is 0.346.